The Morgan fingerprint density at radius 1 is 1.11 bits per heavy atom. The van der Waals surface area contributed by atoms with Crippen LogP contribution in [0.2, 0.25) is 5.02 Å². The minimum atomic E-state index is -0.312. The number of carbonyl (C=O) groups is 1. The summed E-state index contributed by atoms with van der Waals surface area (Å²) in [5.41, 5.74) is 4.25. The van der Waals surface area contributed by atoms with Crippen molar-refractivity contribution in [3.63, 3.8) is 0 Å². The van der Waals surface area contributed by atoms with Crippen LogP contribution in [-0.4, -0.2) is 11.1 Å². The Kier molecular flexibility index (Phi) is 4.46. The van der Waals surface area contributed by atoms with Gasteiger partial charge in [0.25, 0.3) is 5.91 Å². The van der Waals surface area contributed by atoms with E-state index in [4.69, 9.17) is 20.5 Å². The number of fused-ring (bicyclic) bond motifs is 1. The Hall–Kier alpha value is -3.05. The van der Waals surface area contributed by atoms with Crippen LogP contribution in [0.25, 0.3) is 22.2 Å². The molecule has 5 nitrogen and oxygen atoms in total. The van der Waals surface area contributed by atoms with Gasteiger partial charge in [0.05, 0.1) is 6.54 Å². The quantitative estimate of drug-likeness (QED) is 0.522. The lowest BCUT2D eigenvalue weighted by Gasteiger charge is -2.00. The second-order valence-electron chi connectivity index (χ2n) is 6.42. The summed E-state index contributed by atoms with van der Waals surface area (Å²) in [5, 5.41) is 8.30. The lowest BCUT2D eigenvalue weighted by Crippen LogP contribution is -2.22. The average molecular weight is 381 g/mol. The summed E-state index contributed by atoms with van der Waals surface area (Å²) in [6.07, 6.45) is 0. The second-order valence-corrected chi connectivity index (χ2v) is 6.86. The maximum atomic E-state index is 12.5. The van der Waals surface area contributed by atoms with Gasteiger partial charge in [-0.3, -0.25) is 4.79 Å². The molecule has 0 saturated heterocycles. The van der Waals surface area contributed by atoms with Crippen molar-refractivity contribution in [3.8, 4) is 11.3 Å². The molecule has 6 heteroatoms. The summed E-state index contributed by atoms with van der Waals surface area (Å²) < 4.78 is 11.0. The van der Waals surface area contributed by atoms with E-state index in [9.17, 15) is 4.79 Å². The minimum absolute atomic E-state index is 0.217. The Balaban J connectivity index is 1.48. The van der Waals surface area contributed by atoms with Crippen LogP contribution < -0.4 is 5.32 Å². The molecule has 1 amide bonds. The normalized spacial score (nSPS) is 11.1. The molecule has 0 bridgehead atoms. The zero-order valence-electron chi connectivity index (χ0n) is 14.9. The van der Waals surface area contributed by atoms with Gasteiger partial charge in [-0.1, -0.05) is 46.6 Å². The molecular formula is C21H17ClN2O3. The number of rotatable bonds is 4. The molecule has 4 rings (SSSR count). The molecule has 0 unspecified atom stereocenters. The van der Waals surface area contributed by atoms with Crippen LogP contribution in [0.4, 0.5) is 0 Å². The van der Waals surface area contributed by atoms with E-state index >= 15 is 0 Å². The first kappa shape index (κ1) is 17.4. The maximum absolute atomic E-state index is 12.5. The van der Waals surface area contributed by atoms with Gasteiger partial charge in [0, 0.05) is 27.6 Å². The molecule has 1 N–H and O–H groups in total. The predicted octanol–water partition coefficient (Wildman–Crippen LogP) is 5.29. The summed E-state index contributed by atoms with van der Waals surface area (Å²) in [6, 6.07) is 15.1. The van der Waals surface area contributed by atoms with Gasteiger partial charge in [-0.15, -0.1) is 0 Å². The van der Waals surface area contributed by atoms with Gasteiger partial charge in [0.1, 0.15) is 11.3 Å². The molecule has 0 saturated carbocycles. The van der Waals surface area contributed by atoms with E-state index in [2.05, 4.69) is 10.5 Å². The first-order valence-electron chi connectivity index (χ1n) is 8.51. The molecule has 0 aliphatic heterocycles. The fourth-order valence-corrected chi connectivity index (χ4v) is 3.09. The van der Waals surface area contributed by atoms with Crippen molar-refractivity contribution in [1.82, 2.24) is 10.5 Å². The molecular weight excluding hydrogens is 364 g/mol. The number of carbonyl (C=O) groups excluding carboxylic acids is 1. The zero-order chi connectivity index (χ0) is 19.0. The van der Waals surface area contributed by atoms with Crippen LogP contribution in [0.1, 0.15) is 27.4 Å². The van der Waals surface area contributed by atoms with Gasteiger partial charge in [0.15, 0.2) is 11.5 Å². The van der Waals surface area contributed by atoms with Gasteiger partial charge >= 0.3 is 0 Å². The lowest BCUT2D eigenvalue weighted by molar-refractivity contribution is 0.0920. The molecule has 136 valence electrons. The van der Waals surface area contributed by atoms with E-state index in [1.807, 2.05) is 44.2 Å². The monoisotopic (exact) mass is 380 g/mol. The summed E-state index contributed by atoms with van der Waals surface area (Å²) in [6.45, 7) is 4.08. The number of aryl methyl sites for hydroxylation is 2. The van der Waals surface area contributed by atoms with Crippen molar-refractivity contribution in [1.29, 1.82) is 0 Å². The molecule has 2 heterocycles. The third-order valence-corrected chi connectivity index (χ3v) is 4.67. The smallest absolute Gasteiger partial charge is 0.287 e. The van der Waals surface area contributed by atoms with Crippen molar-refractivity contribution < 1.29 is 13.7 Å². The van der Waals surface area contributed by atoms with E-state index in [1.165, 1.54) is 5.56 Å². The second kappa shape index (κ2) is 6.93. The molecule has 2 aromatic heterocycles. The molecule has 0 aliphatic carbocycles. The fraction of sp³-hybridized carbons (Fsp3) is 0.143. The average Bonchev–Trinajstić information content (AvgIpc) is 3.26. The Morgan fingerprint density at radius 2 is 1.89 bits per heavy atom. The summed E-state index contributed by atoms with van der Waals surface area (Å²) in [5.74, 6) is 0.523. The molecule has 0 radical (unpaired) electrons. The summed E-state index contributed by atoms with van der Waals surface area (Å²) in [4.78, 5) is 12.5. The van der Waals surface area contributed by atoms with Gasteiger partial charge in [-0.2, -0.15) is 0 Å². The summed E-state index contributed by atoms with van der Waals surface area (Å²) in [7, 11) is 0. The standard InChI is InChI=1S/C21H17ClN2O3/c1-12-3-5-14(6-4-12)18-10-16(27-24-18)11-23-21(25)20-13(2)17-9-15(22)7-8-19(17)26-20/h3-10H,11H2,1-2H3,(H,23,25). The van der Waals surface area contributed by atoms with Crippen LogP contribution in [0.3, 0.4) is 0 Å². The highest BCUT2D eigenvalue weighted by molar-refractivity contribution is 6.31. The number of furan rings is 1. The Morgan fingerprint density at radius 3 is 2.67 bits per heavy atom. The molecule has 4 aromatic rings. The molecule has 27 heavy (non-hydrogen) atoms. The molecule has 0 fully saturated rings. The van der Waals surface area contributed by atoms with Crippen LogP contribution in [-0.2, 0) is 6.54 Å². The Bertz CT molecular complexity index is 1130. The predicted molar refractivity (Wildman–Crippen MR) is 104 cm³/mol. The number of benzene rings is 2. The van der Waals surface area contributed by atoms with Crippen molar-refractivity contribution in [2.45, 2.75) is 20.4 Å². The van der Waals surface area contributed by atoms with Crippen LogP contribution in [0, 0.1) is 13.8 Å². The SMILES string of the molecule is Cc1ccc(-c2cc(CNC(=O)c3oc4ccc(Cl)cc4c3C)on2)cc1. The zero-order valence-corrected chi connectivity index (χ0v) is 15.6. The number of nitrogens with zero attached hydrogens (tertiary/aromatic N) is 1. The molecule has 0 spiro atoms. The van der Waals surface area contributed by atoms with E-state index in [0.717, 1.165) is 22.2 Å². The lowest BCUT2D eigenvalue weighted by atomic mass is 10.1. The van der Waals surface area contributed by atoms with Gasteiger partial charge in [0.2, 0.25) is 0 Å². The number of nitrogens with one attached hydrogen (secondary N) is 1. The highest BCUT2D eigenvalue weighted by atomic mass is 35.5. The Labute approximate surface area is 160 Å². The first-order valence-corrected chi connectivity index (χ1v) is 8.88. The highest BCUT2D eigenvalue weighted by Gasteiger charge is 2.18. The van der Waals surface area contributed by atoms with Gasteiger partial charge in [-0.05, 0) is 32.0 Å². The summed E-state index contributed by atoms with van der Waals surface area (Å²) >= 11 is 6.02. The maximum Gasteiger partial charge on any atom is 0.287 e. The first-order chi connectivity index (χ1) is 13.0. The minimum Gasteiger partial charge on any atom is -0.451 e. The molecule has 0 aliphatic rings. The van der Waals surface area contributed by atoms with Crippen molar-refractivity contribution in [2.24, 2.45) is 0 Å². The van der Waals surface area contributed by atoms with E-state index in [-0.39, 0.29) is 18.2 Å². The van der Waals surface area contributed by atoms with Crippen molar-refractivity contribution in [2.75, 3.05) is 0 Å². The van der Waals surface area contributed by atoms with E-state index in [0.29, 0.717) is 16.4 Å². The number of hydrogen-bond acceptors (Lipinski definition) is 4. The number of hydrogen-bond donors (Lipinski definition) is 1. The van der Waals surface area contributed by atoms with Crippen molar-refractivity contribution in [3.05, 3.63) is 76.2 Å². The third-order valence-electron chi connectivity index (χ3n) is 4.43. The van der Waals surface area contributed by atoms with Gasteiger partial charge in [-0.25, -0.2) is 0 Å². The highest BCUT2D eigenvalue weighted by Crippen LogP contribution is 2.28. The number of amides is 1. The fourth-order valence-electron chi connectivity index (χ4n) is 2.91. The van der Waals surface area contributed by atoms with Crippen molar-refractivity contribution >= 4 is 28.5 Å². The van der Waals surface area contributed by atoms with Crippen LogP contribution >= 0.6 is 11.6 Å². The topological polar surface area (TPSA) is 68.3 Å². The number of halogens is 1. The third kappa shape index (κ3) is 3.46. The van der Waals surface area contributed by atoms with E-state index < -0.39 is 0 Å². The van der Waals surface area contributed by atoms with Crippen LogP contribution in [0.15, 0.2) is 57.5 Å². The van der Waals surface area contributed by atoms with Gasteiger partial charge < -0.3 is 14.3 Å². The molecule has 0 atom stereocenters. The van der Waals surface area contributed by atoms with E-state index in [1.54, 1.807) is 18.2 Å². The van der Waals surface area contributed by atoms with Crippen LogP contribution in [0.5, 0.6) is 0 Å². The number of aromatic nitrogens is 1. The largest absolute Gasteiger partial charge is 0.451 e. The molecule has 2 aromatic carbocycles.